The van der Waals surface area contributed by atoms with Gasteiger partial charge in [-0.25, -0.2) is 15.2 Å². The van der Waals surface area contributed by atoms with Crippen LogP contribution in [0.1, 0.15) is 20.3 Å². The Morgan fingerprint density at radius 1 is 1.59 bits per heavy atom. The van der Waals surface area contributed by atoms with Crippen molar-refractivity contribution in [2.45, 2.75) is 26.3 Å². The Morgan fingerprint density at radius 3 is 2.82 bits per heavy atom. The largest absolute Gasteiger partial charge is 0.396 e. The fourth-order valence-corrected chi connectivity index (χ4v) is 1.48. The molecule has 6 nitrogen and oxygen atoms in total. The maximum Gasteiger partial charge on any atom is 0.239 e. The molecule has 1 aromatic heterocycles. The average Bonchev–Trinajstić information content (AvgIpc) is 2.31. The number of anilines is 2. The van der Waals surface area contributed by atoms with Crippen LogP contribution in [0.2, 0.25) is 0 Å². The van der Waals surface area contributed by atoms with E-state index in [9.17, 15) is 4.39 Å². The van der Waals surface area contributed by atoms with E-state index >= 15 is 0 Å². The van der Waals surface area contributed by atoms with Gasteiger partial charge in [0.25, 0.3) is 0 Å². The van der Waals surface area contributed by atoms with Crippen molar-refractivity contribution in [3.05, 3.63) is 12.0 Å². The predicted octanol–water partition coefficient (Wildman–Crippen LogP) is 0.499. The Balaban J connectivity index is 2.99. The fourth-order valence-electron chi connectivity index (χ4n) is 1.48. The first kappa shape index (κ1) is 13.6. The molecule has 0 aliphatic carbocycles. The number of nitrogens with zero attached hydrogens (tertiary/aromatic N) is 3. The molecule has 0 saturated carbocycles. The summed E-state index contributed by atoms with van der Waals surface area (Å²) in [5.41, 5.74) is 2.28. The lowest BCUT2D eigenvalue weighted by molar-refractivity contribution is 0.288. The maximum atomic E-state index is 13.6. The van der Waals surface area contributed by atoms with E-state index < -0.39 is 5.82 Å². The van der Waals surface area contributed by atoms with E-state index in [0.29, 0.717) is 13.0 Å². The highest BCUT2D eigenvalue weighted by Gasteiger charge is 2.17. The van der Waals surface area contributed by atoms with E-state index in [4.69, 9.17) is 10.9 Å². The molecule has 96 valence electrons. The normalized spacial score (nSPS) is 10.7. The van der Waals surface area contributed by atoms with Gasteiger partial charge >= 0.3 is 0 Å². The van der Waals surface area contributed by atoms with Gasteiger partial charge < -0.3 is 10.0 Å². The molecular weight excluding hydrogens is 225 g/mol. The third kappa shape index (κ3) is 3.50. The number of nitrogens with one attached hydrogen (secondary N) is 1. The lowest BCUT2D eigenvalue weighted by Gasteiger charge is -2.27. The first-order chi connectivity index (χ1) is 8.10. The van der Waals surface area contributed by atoms with E-state index in [0.717, 1.165) is 6.20 Å². The van der Waals surface area contributed by atoms with Gasteiger partial charge in [-0.2, -0.15) is 4.98 Å². The summed E-state index contributed by atoms with van der Waals surface area (Å²) in [5, 5.41) is 8.83. The van der Waals surface area contributed by atoms with Crippen LogP contribution in [0, 0.1) is 5.82 Å². The smallest absolute Gasteiger partial charge is 0.239 e. The summed E-state index contributed by atoms with van der Waals surface area (Å²) >= 11 is 0. The van der Waals surface area contributed by atoms with Crippen LogP contribution >= 0.6 is 0 Å². The van der Waals surface area contributed by atoms with Gasteiger partial charge in [0, 0.05) is 19.2 Å². The third-order valence-corrected chi connectivity index (χ3v) is 2.31. The number of hydrazine groups is 1. The van der Waals surface area contributed by atoms with Gasteiger partial charge in [-0.15, -0.1) is 0 Å². The van der Waals surface area contributed by atoms with Gasteiger partial charge in [-0.3, -0.25) is 5.43 Å². The number of rotatable bonds is 6. The highest BCUT2D eigenvalue weighted by Crippen LogP contribution is 2.19. The van der Waals surface area contributed by atoms with Crippen molar-refractivity contribution < 1.29 is 9.50 Å². The third-order valence-electron chi connectivity index (χ3n) is 2.31. The van der Waals surface area contributed by atoms with Crippen LogP contribution in [-0.4, -0.2) is 34.3 Å². The summed E-state index contributed by atoms with van der Waals surface area (Å²) in [5.74, 6) is 5.04. The van der Waals surface area contributed by atoms with Crippen LogP contribution in [0.25, 0.3) is 0 Å². The highest BCUT2D eigenvalue weighted by atomic mass is 19.1. The van der Waals surface area contributed by atoms with Gasteiger partial charge in [0.1, 0.15) is 0 Å². The highest BCUT2D eigenvalue weighted by molar-refractivity contribution is 5.44. The zero-order valence-corrected chi connectivity index (χ0v) is 10.0. The van der Waals surface area contributed by atoms with Crippen LogP contribution < -0.4 is 16.2 Å². The van der Waals surface area contributed by atoms with Crippen LogP contribution in [0.4, 0.5) is 16.2 Å². The second kappa shape index (κ2) is 6.31. The number of aromatic nitrogens is 2. The zero-order chi connectivity index (χ0) is 12.8. The topological polar surface area (TPSA) is 87.3 Å². The SMILES string of the molecule is CC(C)N(CCCO)c1nc(NN)ncc1F. The lowest BCUT2D eigenvalue weighted by atomic mass is 10.3. The molecule has 0 atom stereocenters. The number of nitrogen functional groups attached to an aromatic ring is 1. The molecule has 4 N–H and O–H groups in total. The van der Waals surface area contributed by atoms with E-state index in [1.165, 1.54) is 0 Å². The molecule has 1 rings (SSSR count). The van der Waals surface area contributed by atoms with E-state index in [2.05, 4.69) is 15.4 Å². The molecule has 0 saturated heterocycles. The fraction of sp³-hybridized carbons (Fsp3) is 0.600. The van der Waals surface area contributed by atoms with Gasteiger partial charge in [-0.1, -0.05) is 0 Å². The number of hydrogen-bond acceptors (Lipinski definition) is 6. The van der Waals surface area contributed by atoms with Gasteiger partial charge in [0.05, 0.1) is 6.20 Å². The standard InChI is InChI=1S/C10H18FN5O/c1-7(2)16(4-3-5-17)9-8(11)6-13-10(14-9)15-12/h6-7,17H,3-5,12H2,1-2H3,(H,13,14,15). The van der Waals surface area contributed by atoms with Crippen molar-refractivity contribution in [3.63, 3.8) is 0 Å². The quantitative estimate of drug-likeness (QED) is 0.498. The molecule has 0 radical (unpaired) electrons. The van der Waals surface area contributed by atoms with Gasteiger partial charge in [-0.05, 0) is 20.3 Å². The Morgan fingerprint density at radius 2 is 2.29 bits per heavy atom. The number of halogens is 1. The molecule has 0 fully saturated rings. The Bertz CT molecular complexity index is 361. The second-order valence-corrected chi connectivity index (χ2v) is 3.87. The van der Waals surface area contributed by atoms with Crippen LogP contribution in [0.15, 0.2) is 6.20 Å². The minimum Gasteiger partial charge on any atom is -0.396 e. The zero-order valence-electron chi connectivity index (χ0n) is 10.0. The summed E-state index contributed by atoms with van der Waals surface area (Å²) in [6.07, 6.45) is 1.62. The Hall–Kier alpha value is -1.47. The van der Waals surface area contributed by atoms with Crippen molar-refractivity contribution in [3.8, 4) is 0 Å². The van der Waals surface area contributed by atoms with Crippen molar-refractivity contribution in [2.75, 3.05) is 23.5 Å². The summed E-state index contributed by atoms with van der Waals surface area (Å²) in [7, 11) is 0. The number of hydrogen-bond donors (Lipinski definition) is 3. The van der Waals surface area contributed by atoms with Crippen molar-refractivity contribution in [1.29, 1.82) is 0 Å². The number of aliphatic hydroxyl groups is 1. The Labute approximate surface area is 99.6 Å². The molecule has 1 aromatic rings. The molecule has 0 unspecified atom stereocenters. The molecule has 0 aromatic carbocycles. The molecule has 0 aliphatic heterocycles. The lowest BCUT2D eigenvalue weighted by Crippen LogP contribution is -2.34. The predicted molar refractivity (Wildman–Crippen MR) is 64.0 cm³/mol. The van der Waals surface area contributed by atoms with Crippen molar-refractivity contribution in [1.82, 2.24) is 9.97 Å². The van der Waals surface area contributed by atoms with Crippen molar-refractivity contribution >= 4 is 11.8 Å². The molecule has 7 heteroatoms. The Kier molecular flexibility index (Phi) is 5.05. The molecule has 0 amide bonds. The van der Waals surface area contributed by atoms with Crippen LogP contribution in [0.5, 0.6) is 0 Å². The molecule has 0 spiro atoms. The minimum absolute atomic E-state index is 0.0535. The summed E-state index contributed by atoms with van der Waals surface area (Å²) in [6.45, 7) is 4.42. The maximum absolute atomic E-state index is 13.6. The summed E-state index contributed by atoms with van der Waals surface area (Å²) < 4.78 is 13.6. The van der Waals surface area contributed by atoms with Gasteiger partial charge in [0.15, 0.2) is 11.6 Å². The monoisotopic (exact) mass is 243 g/mol. The van der Waals surface area contributed by atoms with Crippen molar-refractivity contribution in [2.24, 2.45) is 5.84 Å². The molecular formula is C10H18FN5O. The molecule has 1 heterocycles. The van der Waals surface area contributed by atoms with E-state index in [1.807, 2.05) is 13.8 Å². The number of nitrogens with two attached hydrogens (primary N) is 1. The van der Waals surface area contributed by atoms with Gasteiger partial charge in [0.2, 0.25) is 5.95 Å². The molecule has 0 bridgehead atoms. The molecule has 17 heavy (non-hydrogen) atoms. The second-order valence-electron chi connectivity index (χ2n) is 3.87. The first-order valence-corrected chi connectivity index (χ1v) is 5.46. The van der Waals surface area contributed by atoms with E-state index in [-0.39, 0.29) is 24.4 Å². The average molecular weight is 243 g/mol. The van der Waals surface area contributed by atoms with Crippen LogP contribution in [-0.2, 0) is 0 Å². The summed E-state index contributed by atoms with van der Waals surface area (Å²) in [6, 6.07) is 0.0663. The summed E-state index contributed by atoms with van der Waals surface area (Å²) in [4.78, 5) is 9.43. The van der Waals surface area contributed by atoms with E-state index in [1.54, 1.807) is 4.90 Å². The van der Waals surface area contributed by atoms with Crippen LogP contribution in [0.3, 0.4) is 0 Å². The number of aliphatic hydroxyl groups excluding tert-OH is 1. The molecule has 0 aliphatic rings. The minimum atomic E-state index is -0.504. The first-order valence-electron chi connectivity index (χ1n) is 5.46.